The van der Waals surface area contributed by atoms with Crippen LogP contribution in [0.4, 0.5) is 5.69 Å². The summed E-state index contributed by atoms with van der Waals surface area (Å²) in [6.07, 6.45) is 0.559. The van der Waals surface area contributed by atoms with Gasteiger partial charge in [0.1, 0.15) is 5.75 Å². The summed E-state index contributed by atoms with van der Waals surface area (Å²) >= 11 is 0. The van der Waals surface area contributed by atoms with Gasteiger partial charge in [-0.1, -0.05) is 0 Å². The summed E-state index contributed by atoms with van der Waals surface area (Å²) < 4.78 is 9.47. The van der Waals surface area contributed by atoms with Gasteiger partial charge in [0.15, 0.2) is 6.29 Å². The Hall–Kier alpha value is -2.37. The Kier molecular flexibility index (Phi) is 4.86. The molecule has 0 aliphatic heterocycles. The van der Waals surface area contributed by atoms with Gasteiger partial charge in [-0.05, 0) is 25.1 Å². The number of hydrogen-bond donors (Lipinski definition) is 1. The summed E-state index contributed by atoms with van der Waals surface area (Å²) in [5.74, 6) is -1.44. The molecule has 1 aromatic rings. The van der Waals surface area contributed by atoms with Gasteiger partial charge in [0.05, 0.1) is 19.4 Å². The molecule has 0 aromatic heterocycles. The number of aldehydes is 1. The second-order valence-corrected chi connectivity index (χ2v) is 3.25. The van der Waals surface area contributed by atoms with Crippen LogP contribution in [0.5, 0.6) is 5.75 Å². The summed E-state index contributed by atoms with van der Waals surface area (Å²) in [5.41, 5.74) is 0.441. The molecule has 6 heteroatoms. The molecular formula is C12H13NO5. The van der Waals surface area contributed by atoms with E-state index in [4.69, 9.17) is 4.74 Å². The summed E-state index contributed by atoms with van der Waals surface area (Å²) in [5, 5.41) is 2.30. The van der Waals surface area contributed by atoms with Crippen LogP contribution in [0.2, 0.25) is 0 Å². The van der Waals surface area contributed by atoms with Crippen molar-refractivity contribution in [3.05, 3.63) is 23.8 Å². The summed E-state index contributed by atoms with van der Waals surface area (Å²) in [6, 6.07) is 4.49. The van der Waals surface area contributed by atoms with Crippen LogP contribution in [0.25, 0.3) is 0 Å². The number of carbonyl (C=O) groups excluding carboxylic acids is 3. The van der Waals surface area contributed by atoms with Crippen molar-refractivity contribution in [3.63, 3.8) is 0 Å². The van der Waals surface area contributed by atoms with E-state index < -0.39 is 11.9 Å². The highest BCUT2D eigenvalue weighted by Gasteiger charge is 2.16. The molecular weight excluding hydrogens is 238 g/mol. The number of amides is 1. The van der Waals surface area contributed by atoms with Crippen LogP contribution in [-0.2, 0) is 14.3 Å². The third kappa shape index (κ3) is 3.31. The molecule has 0 saturated heterocycles. The SMILES string of the molecule is CCOC(=O)C(=O)Nc1ccc(OC)cc1C=O. The smallest absolute Gasteiger partial charge is 0.397 e. The highest BCUT2D eigenvalue weighted by molar-refractivity contribution is 6.37. The van der Waals surface area contributed by atoms with E-state index in [9.17, 15) is 14.4 Å². The van der Waals surface area contributed by atoms with Crippen LogP contribution >= 0.6 is 0 Å². The van der Waals surface area contributed by atoms with Crippen LogP contribution in [0.1, 0.15) is 17.3 Å². The minimum atomic E-state index is -0.995. The van der Waals surface area contributed by atoms with E-state index in [1.165, 1.54) is 19.2 Å². The van der Waals surface area contributed by atoms with Crippen LogP contribution in [0.15, 0.2) is 18.2 Å². The highest BCUT2D eigenvalue weighted by Crippen LogP contribution is 2.20. The molecule has 0 spiro atoms. The number of benzene rings is 1. The molecule has 1 N–H and O–H groups in total. The van der Waals surface area contributed by atoms with E-state index in [1.807, 2.05) is 0 Å². The zero-order chi connectivity index (χ0) is 13.5. The third-order valence-corrected chi connectivity index (χ3v) is 2.09. The second-order valence-electron chi connectivity index (χ2n) is 3.25. The molecule has 96 valence electrons. The first-order chi connectivity index (χ1) is 8.62. The highest BCUT2D eigenvalue weighted by atomic mass is 16.5. The van der Waals surface area contributed by atoms with E-state index in [0.29, 0.717) is 12.0 Å². The van der Waals surface area contributed by atoms with Crippen molar-refractivity contribution >= 4 is 23.9 Å². The van der Waals surface area contributed by atoms with Gasteiger partial charge in [0.2, 0.25) is 0 Å². The van der Waals surface area contributed by atoms with Crippen LogP contribution in [0.3, 0.4) is 0 Å². The van der Waals surface area contributed by atoms with Crippen molar-refractivity contribution < 1.29 is 23.9 Å². The Labute approximate surface area is 104 Å². The van der Waals surface area contributed by atoms with E-state index >= 15 is 0 Å². The molecule has 0 unspecified atom stereocenters. The summed E-state index contributed by atoms with van der Waals surface area (Å²) in [7, 11) is 1.46. The third-order valence-electron chi connectivity index (χ3n) is 2.09. The molecule has 0 aliphatic rings. The molecule has 0 fully saturated rings. The van der Waals surface area contributed by atoms with E-state index in [1.54, 1.807) is 13.0 Å². The van der Waals surface area contributed by atoms with Gasteiger partial charge in [0.25, 0.3) is 0 Å². The Bertz CT molecular complexity index is 470. The molecule has 18 heavy (non-hydrogen) atoms. The second kappa shape index (κ2) is 6.39. The number of rotatable bonds is 4. The lowest BCUT2D eigenvalue weighted by atomic mass is 10.2. The van der Waals surface area contributed by atoms with Gasteiger partial charge < -0.3 is 14.8 Å². The lowest BCUT2D eigenvalue weighted by Crippen LogP contribution is -2.25. The largest absolute Gasteiger partial charge is 0.497 e. The zero-order valence-corrected chi connectivity index (χ0v) is 10.1. The van der Waals surface area contributed by atoms with E-state index in [-0.39, 0.29) is 17.9 Å². The van der Waals surface area contributed by atoms with Gasteiger partial charge in [-0.2, -0.15) is 0 Å². The number of hydrogen-bond acceptors (Lipinski definition) is 5. The quantitative estimate of drug-likeness (QED) is 0.490. The lowest BCUT2D eigenvalue weighted by Gasteiger charge is -2.08. The van der Waals surface area contributed by atoms with Gasteiger partial charge in [0, 0.05) is 5.56 Å². The minimum Gasteiger partial charge on any atom is -0.497 e. The molecule has 0 aliphatic carbocycles. The van der Waals surface area contributed by atoms with Gasteiger partial charge in [-0.15, -0.1) is 0 Å². The van der Waals surface area contributed by atoms with Crippen molar-refractivity contribution in [2.75, 3.05) is 19.0 Å². The Morgan fingerprint density at radius 2 is 2.11 bits per heavy atom. The zero-order valence-electron chi connectivity index (χ0n) is 10.1. The normalized spacial score (nSPS) is 9.44. The topological polar surface area (TPSA) is 81.7 Å². The Morgan fingerprint density at radius 3 is 2.67 bits per heavy atom. The first kappa shape index (κ1) is 13.7. The number of anilines is 1. The van der Waals surface area contributed by atoms with Crippen molar-refractivity contribution in [3.8, 4) is 5.75 Å². The Morgan fingerprint density at radius 1 is 1.39 bits per heavy atom. The summed E-state index contributed by atoms with van der Waals surface area (Å²) in [4.78, 5) is 33.4. The molecule has 0 atom stereocenters. The molecule has 1 aromatic carbocycles. The van der Waals surface area contributed by atoms with Crippen LogP contribution < -0.4 is 10.1 Å². The number of carbonyl (C=O) groups is 3. The fourth-order valence-electron chi connectivity index (χ4n) is 1.25. The fourth-order valence-corrected chi connectivity index (χ4v) is 1.25. The lowest BCUT2D eigenvalue weighted by molar-refractivity contribution is -0.152. The molecule has 0 radical (unpaired) electrons. The maximum atomic E-state index is 11.4. The molecule has 6 nitrogen and oxygen atoms in total. The predicted octanol–water partition coefficient (Wildman–Crippen LogP) is 1.01. The predicted molar refractivity (Wildman–Crippen MR) is 63.6 cm³/mol. The first-order valence-corrected chi connectivity index (χ1v) is 5.23. The maximum Gasteiger partial charge on any atom is 0.397 e. The van der Waals surface area contributed by atoms with Crippen LogP contribution in [-0.4, -0.2) is 31.9 Å². The van der Waals surface area contributed by atoms with Crippen molar-refractivity contribution in [2.45, 2.75) is 6.92 Å². The number of nitrogens with one attached hydrogen (secondary N) is 1. The molecule has 0 bridgehead atoms. The maximum absolute atomic E-state index is 11.4. The van der Waals surface area contributed by atoms with Gasteiger partial charge in [-0.25, -0.2) is 4.79 Å². The molecule has 0 heterocycles. The van der Waals surface area contributed by atoms with Gasteiger partial charge >= 0.3 is 11.9 Å². The standard InChI is InChI=1S/C12H13NO5/c1-3-18-12(16)11(15)13-10-5-4-9(17-2)6-8(10)7-14/h4-7H,3H2,1-2H3,(H,13,15). The van der Waals surface area contributed by atoms with Crippen molar-refractivity contribution in [1.82, 2.24) is 0 Å². The minimum absolute atomic E-state index is 0.107. The van der Waals surface area contributed by atoms with Crippen LogP contribution in [0, 0.1) is 0 Å². The fraction of sp³-hybridized carbons (Fsp3) is 0.250. The average molecular weight is 251 g/mol. The number of methoxy groups -OCH3 is 1. The molecule has 1 rings (SSSR count). The molecule has 0 saturated carbocycles. The van der Waals surface area contributed by atoms with Gasteiger partial charge in [-0.3, -0.25) is 9.59 Å². The molecule has 1 amide bonds. The number of esters is 1. The Balaban J connectivity index is 2.87. The summed E-state index contributed by atoms with van der Waals surface area (Å²) in [6.45, 7) is 1.70. The van der Waals surface area contributed by atoms with Crippen molar-refractivity contribution in [2.24, 2.45) is 0 Å². The first-order valence-electron chi connectivity index (χ1n) is 5.23. The number of ether oxygens (including phenoxy) is 2. The monoisotopic (exact) mass is 251 g/mol. The van der Waals surface area contributed by atoms with Crippen molar-refractivity contribution in [1.29, 1.82) is 0 Å². The van der Waals surface area contributed by atoms with E-state index in [0.717, 1.165) is 0 Å². The average Bonchev–Trinajstić information content (AvgIpc) is 2.39. The van der Waals surface area contributed by atoms with E-state index in [2.05, 4.69) is 10.1 Å².